The number of imidazole rings is 1. The highest BCUT2D eigenvalue weighted by atomic mass is 16.4. The Kier molecular flexibility index (Phi) is 3.00. The van der Waals surface area contributed by atoms with Gasteiger partial charge in [-0.1, -0.05) is 0 Å². The number of aromatic nitrogens is 2. The van der Waals surface area contributed by atoms with E-state index in [1.165, 1.54) is 9.80 Å². The summed E-state index contributed by atoms with van der Waals surface area (Å²) in [5, 5.41) is 8.88. The number of nitrogens with one attached hydrogen (secondary N) is 1. The molecule has 1 aromatic rings. The minimum Gasteiger partial charge on any atom is -0.477 e. The number of hydrogen-bond acceptors (Lipinski definition) is 4. The molecule has 1 aliphatic heterocycles. The van der Waals surface area contributed by atoms with E-state index in [0.717, 1.165) is 6.33 Å². The molecule has 0 radical (unpaired) electrons. The lowest BCUT2D eigenvalue weighted by Crippen LogP contribution is -2.50. The first-order valence-electron chi connectivity index (χ1n) is 5.30. The highest BCUT2D eigenvalue weighted by Gasteiger charge is 2.29. The number of piperazine rings is 1. The molecule has 2 rings (SSSR count). The third-order valence-electron chi connectivity index (χ3n) is 2.80. The van der Waals surface area contributed by atoms with Crippen molar-refractivity contribution < 1.29 is 19.5 Å². The van der Waals surface area contributed by atoms with Crippen LogP contribution in [-0.4, -0.2) is 69.3 Å². The van der Waals surface area contributed by atoms with Crippen LogP contribution in [-0.2, 0) is 4.79 Å². The van der Waals surface area contributed by atoms with Crippen molar-refractivity contribution in [3.8, 4) is 0 Å². The molecule has 1 aromatic heterocycles. The number of aromatic amines is 1. The molecule has 1 saturated heterocycles. The Morgan fingerprint density at radius 3 is 2.78 bits per heavy atom. The first kappa shape index (κ1) is 12.1. The van der Waals surface area contributed by atoms with Crippen molar-refractivity contribution in [2.24, 2.45) is 0 Å². The Hall–Kier alpha value is -2.38. The molecular weight excluding hydrogens is 240 g/mol. The van der Waals surface area contributed by atoms with E-state index in [1.54, 1.807) is 7.05 Å². The van der Waals surface area contributed by atoms with E-state index in [0.29, 0.717) is 13.1 Å². The molecule has 0 spiro atoms. The predicted octanol–water partition coefficient (Wildman–Crippen LogP) is -0.978. The highest BCUT2D eigenvalue weighted by molar-refractivity contribution is 6.03. The van der Waals surface area contributed by atoms with Gasteiger partial charge in [-0.05, 0) is 0 Å². The molecule has 18 heavy (non-hydrogen) atoms. The Labute approximate surface area is 102 Å². The average Bonchev–Trinajstić information content (AvgIpc) is 2.81. The number of carboxylic acids is 1. The molecule has 1 aliphatic rings. The third-order valence-corrected chi connectivity index (χ3v) is 2.80. The summed E-state index contributed by atoms with van der Waals surface area (Å²) in [7, 11) is 1.65. The summed E-state index contributed by atoms with van der Waals surface area (Å²) in [4.78, 5) is 43.3. The van der Waals surface area contributed by atoms with Crippen molar-refractivity contribution in [1.29, 1.82) is 0 Å². The van der Waals surface area contributed by atoms with E-state index < -0.39 is 11.9 Å². The topological polar surface area (TPSA) is 107 Å². The van der Waals surface area contributed by atoms with E-state index >= 15 is 0 Å². The standard InChI is InChI=1S/C10H12N4O4/c1-13-2-3-14(4-6(13)15)9(16)7-8(10(17)18)12-5-11-7/h5H,2-4H2,1H3,(H,11,12)(H,17,18). The first-order valence-corrected chi connectivity index (χ1v) is 5.30. The lowest BCUT2D eigenvalue weighted by molar-refractivity contribution is -0.133. The number of carbonyl (C=O) groups is 3. The van der Waals surface area contributed by atoms with Gasteiger partial charge in [-0.2, -0.15) is 0 Å². The van der Waals surface area contributed by atoms with Crippen LogP contribution in [0.15, 0.2) is 6.33 Å². The number of likely N-dealkylation sites (N-methyl/N-ethyl adjacent to an activating group) is 1. The zero-order valence-corrected chi connectivity index (χ0v) is 9.71. The zero-order valence-electron chi connectivity index (χ0n) is 9.71. The zero-order chi connectivity index (χ0) is 13.3. The third kappa shape index (κ3) is 2.04. The summed E-state index contributed by atoms with van der Waals surface area (Å²) < 4.78 is 0. The molecule has 2 N–H and O–H groups in total. The van der Waals surface area contributed by atoms with E-state index in [-0.39, 0.29) is 23.8 Å². The molecule has 0 atom stereocenters. The number of H-pyrrole nitrogens is 1. The van der Waals surface area contributed by atoms with Gasteiger partial charge in [-0.15, -0.1) is 0 Å². The largest absolute Gasteiger partial charge is 0.477 e. The van der Waals surface area contributed by atoms with Gasteiger partial charge >= 0.3 is 5.97 Å². The Bertz CT molecular complexity index is 510. The van der Waals surface area contributed by atoms with Crippen molar-refractivity contribution in [2.75, 3.05) is 26.7 Å². The molecule has 0 aliphatic carbocycles. The maximum absolute atomic E-state index is 12.0. The number of rotatable bonds is 2. The van der Waals surface area contributed by atoms with Gasteiger partial charge in [0.1, 0.15) is 6.54 Å². The summed E-state index contributed by atoms with van der Waals surface area (Å²) >= 11 is 0. The second-order valence-electron chi connectivity index (χ2n) is 3.97. The van der Waals surface area contributed by atoms with Crippen molar-refractivity contribution >= 4 is 17.8 Å². The number of nitrogens with zero attached hydrogens (tertiary/aromatic N) is 3. The Morgan fingerprint density at radius 1 is 1.44 bits per heavy atom. The molecule has 8 nitrogen and oxygen atoms in total. The van der Waals surface area contributed by atoms with Crippen molar-refractivity contribution in [1.82, 2.24) is 19.8 Å². The van der Waals surface area contributed by atoms with Gasteiger partial charge in [-0.25, -0.2) is 9.78 Å². The van der Waals surface area contributed by atoms with Crippen LogP contribution in [0.25, 0.3) is 0 Å². The van der Waals surface area contributed by atoms with E-state index in [4.69, 9.17) is 5.11 Å². The normalized spacial score (nSPS) is 15.9. The Morgan fingerprint density at radius 2 is 2.17 bits per heavy atom. The van der Waals surface area contributed by atoms with Crippen LogP contribution >= 0.6 is 0 Å². The van der Waals surface area contributed by atoms with Crippen LogP contribution in [0.4, 0.5) is 0 Å². The van der Waals surface area contributed by atoms with Crippen molar-refractivity contribution in [3.63, 3.8) is 0 Å². The number of carbonyl (C=O) groups excluding carboxylic acids is 2. The van der Waals surface area contributed by atoms with Crippen LogP contribution in [0, 0.1) is 0 Å². The van der Waals surface area contributed by atoms with Crippen molar-refractivity contribution in [3.05, 3.63) is 17.7 Å². The lowest BCUT2D eigenvalue weighted by atomic mass is 10.2. The van der Waals surface area contributed by atoms with Gasteiger partial charge in [0, 0.05) is 20.1 Å². The molecule has 0 unspecified atom stereocenters. The fraction of sp³-hybridized carbons (Fsp3) is 0.400. The number of hydrogen-bond donors (Lipinski definition) is 2. The number of carboxylic acid groups (broad SMARTS) is 1. The fourth-order valence-electron chi connectivity index (χ4n) is 1.70. The second kappa shape index (κ2) is 4.47. The molecule has 0 bridgehead atoms. The smallest absolute Gasteiger partial charge is 0.354 e. The maximum Gasteiger partial charge on any atom is 0.354 e. The van der Waals surface area contributed by atoms with Gasteiger partial charge in [-0.3, -0.25) is 9.59 Å². The summed E-state index contributed by atoms with van der Waals surface area (Å²) in [6.45, 7) is 0.742. The summed E-state index contributed by atoms with van der Waals surface area (Å²) in [5.41, 5.74) is -0.425. The summed E-state index contributed by atoms with van der Waals surface area (Å²) in [5.74, 6) is -1.98. The van der Waals surface area contributed by atoms with Gasteiger partial charge < -0.3 is 19.9 Å². The van der Waals surface area contributed by atoms with E-state index in [1.807, 2.05) is 0 Å². The molecule has 0 saturated carbocycles. The SMILES string of the molecule is CN1CCN(C(=O)c2nc[nH]c2C(=O)O)CC1=O. The van der Waals surface area contributed by atoms with E-state index in [9.17, 15) is 14.4 Å². The average molecular weight is 252 g/mol. The van der Waals surface area contributed by atoms with Crippen LogP contribution in [0.5, 0.6) is 0 Å². The molecule has 0 aromatic carbocycles. The van der Waals surface area contributed by atoms with Gasteiger partial charge in [0.05, 0.1) is 6.33 Å². The summed E-state index contributed by atoms with van der Waals surface area (Å²) in [6.07, 6.45) is 1.15. The summed E-state index contributed by atoms with van der Waals surface area (Å²) in [6, 6.07) is 0. The van der Waals surface area contributed by atoms with Gasteiger partial charge in [0.2, 0.25) is 5.91 Å². The van der Waals surface area contributed by atoms with E-state index in [2.05, 4.69) is 9.97 Å². The number of amides is 2. The molecular formula is C10H12N4O4. The minimum absolute atomic E-state index is 0.0543. The predicted molar refractivity (Wildman–Crippen MR) is 59.1 cm³/mol. The molecule has 1 fully saturated rings. The van der Waals surface area contributed by atoms with Gasteiger partial charge in [0.25, 0.3) is 5.91 Å². The number of aromatic carboxylic acids is 1. The van der Waals surface area contributed by atoms with Crippen LogP contribution in [0.2, 0.25) is 0 Å². The van der Waals surface area contributed by atoms with Crippen LogP contribution < -0.4 is 0 Å². The van der Waals surface area contributed by atoms with Crippen LogP contribution in [0.1, 0.15) is 21.0 Å². The Balaban J connectivity index is 2.19. The van der Waals surface area contributed by atoms with Crippen LogP contribution in [0.3, 0.4) is 0 Å². The minimum atomic E-state index is -1.25. The monoisotopic (exact) mass is 252 g/mol. The molecule has 96 valence electrons. The fourth-order valence-corrected chi connectivity index (χ4v) is 1.70. The first-order chi connectivity index (χ1) is 8.50. The second-order valence-corrected chi connectivity index (χ2v) is 3.97. The quantitative estimate of drug-likeness (QED) is 0.703. The highest BCUT2D eigenvalue weighted by Crippen LogP contribution is 2.10. The molecule has 8 heteroatoms. The van der Waals surface area contributed by atoms with Gasteiger partial charge in [0.15, 0.2) is 11.4 Å². The maximum atomic E-state index is 12.0. The van der Waals surface area contributed by atoms with Crippen molar-refractivity contribution in [2.45, 2.75) is 0 Å². The lowest BCUT2D eigenvalue weighted by Gasteiger charge is -2.31. The molecule has 2 heterocycles. The molecule has 2 amide bonds.